The number of hydrogen-bond acceptors (Lipinski definition) is 6. The lowest BCUT2D eigenvalue weighted by Gasteiger charge is -2.45. The molecular formula is C27H38ClN3O4S. The number of benzene rings is 1. The van der Waals surface area contributed by atoms with Gasteiger partial charge in [-0.05, 0) is 67.7 Å². The SMILES string of the molecule is C.CS(=O)(=O)OC1CCN(c2ccc3c(C(=O)NCC45CCCC(CCC4)C5)c(Cl)ccc3n2)CC1. The van der Waals surface area contributed by atoms with Gasteiger partial charge >= 0.3 is 0 Å². The van der Waals surface area contributed by atoms with E-state index in [1.54, 1.807) is 6.07 Å². The molecule has 0 radical (unpaired) electrons. The lowest BCUT2D eigenvalue weighted by molar-refractivity contribution is 0.0682. The second kappa shape index (κ2) is 10.8. The van der Waals surface area contributed by atoms with E-state index in [9.17, 15) is 13.2 Å². The number of halogens is 1. The zero-order valence-electron chi connectivity index (χ0n) is 20.3. The monoisotopic (exact) mass is 535 g/mol. The van der Waals surface area contributed by atoms with Gasteiger partial charge in [0.25, 0.3) is 16.0 Å². The summed E-state index contributed by atoms with van der Waals surface area (Å²) >= 11 is 6.52. The van der Waals surface area contributed by atoms with Crippen LogP contribution in [0.4, 0.5) is 5.82 Å². The molecule has 0 atom stereocenters. The first-order valence-electron chi connectivity index (χ1n) is 12.7. The predicted octanol–water partition coefficient (Wildman–Crippen LogP) is 5.56. The van der Waals surface area contributed by atoms with E-state index >= 15 is 0 Å². The summed E-state index contributed by atoms with van der Waals surface area (Å²) in [7, 11) is -3.45. The standard InChI is InChI=1S/C26H34ClN3O4S.CH4/c1-35(32,33)34-19-10-14-30(15-11-19)23-9-6-20-22(29-23)8-7-21(27)24(20)25(31)28-17-26-12-2-4-18(16-26)5-3-13-26;/h6-9,18-19H,2-5,10-17H2,1H3,(H,28,31);1H4. The van der Waals surface area contributed by atoms with Gasteiger partial charge < -0.3 is 10.2 Å². The van der Waals surface area contributed by atoms with Crippen LogP contribution in [0.1, 0.15) is 75.6 Å². The van der Waals surface area contributed by atoms with Gasteiger partial charge in [-0.2, -0.15) is 8.42 Å². The van der Waals surface area contributed by atoms with E-state index in [0.29, 0.717) is 43.1 Å². The third-order valence-electron chi connectivity index (χ3n) is 8.09. The van der Waals surface area contributed by atoms with Gasteiger partial charge in [-0.3, -0.25) is 8.98 Å². The van der Waals surface area contributed by atoms with Crippen LogP contribution in [-0.4, -0.2) is 51.3 Å². The molecular weight excluding hydrogens is 498 g/mol. The smallest absolute Gasteiger partial charge is 0.264 e. The van der Waals surface area contributed by atoms with Crippen LogP contribution in [0.3, 0.4) is 0 Å². The number of anilines is 1. The maximum Gasteiger partial charge on any atom is 0.264 e. The highest BCUT2D eigenvalue weighted by Gasteiger charge is 2.39. The Balaban J connectivity index is 0.00000304. The highest BCUT2D eigenvalue weighted by Crippen LogP contribution is 2.48. The Bertz CT molecular complexity index is 1200. The number of carbonyl (C=O) groups is 1. The zero-order valence-corrected chi connectivity index (χ0v) is 21.8. The average molecular weight is 536 g/mol. The molecule has 0 spiro atoms. The molecule has 1 amide bonds. The lowest BCUT2D eigenvalue weighted by atomic mass is 9.62. The normalized spacial score (nSPS) is 24.8. The summed E-state index contributed by atoms with van der Waals surface area (Å²) in [6, 6.07) is 7.44. The number of nitrogens with one attached hydrogen (secondary N) is 1. The zero-order chi connectivity index (χ0) is 24.6. The fourth-order valence-electron chi connectivity index (χ4n) is 6.43. The van der Waals surface area contributed by atoms with Crippen molar-refractivity contribution in [2.24, 2.45) is 11.3 Å². The molecule has 1 aromatic heterocycles. The second-order valence-electron chi connectivity index (χ2n) is 10.7. The van der Waals surface area contributed by atoms with Crippen molar-refractivity contribution >= 4 is 44.3 Å². The van der Waals surface area contributed by atoms with Crippen LogP contribution < -0.4 is 10.2 Å². The van der Waals surface area contributed by atoms with E-state index in [4.69, 9.17) is 20.8 Å². The molecule has 36 heavy (non-hydrogen) atoms. The Morgan fingerprint density at radius 3 is 2.50 bits per heavy atom. The van der Waals surface area contributed by atoms with Crippen LogP contribution >= 0.6 is 11.6 Å². The number of hydrogen-bond donors (Lipinski definition) is 1. The van der Waals surface area contributed by atoms with Crippen molar-refractivity contribution in [3.8, 4) is 0 Å². The average Bonchev–Trinajstić information content (AvgIpc) is 2.82. The molecule has 3 aliphatic rings. The fourth-order valence-corrected chi connectivity index (χ4v) is 7.37. The number of nitrogens with zero attached hydrogens (tertiary/aromatic N) is 2. The number of fused-ring (bicyclic) bond motifs is 3. The van der Waals surface area contributed by atoms with Crippen molar-refractivity contribution in [3.63, 3.8) is 0 Å². The fraction of sp³-hybridized carbons (Fsp3) is 0.630. The minimum Gasteiger partial charge on any atom is -0.356 e. The first-order valence-corrected chi connectivity index (χ1v) is 14.9. The molecule has 1 saturated heterocycles. The van der Waals surface area contributed by atoms with Crippen molar-refractivity contribution in [1.29, 1.82) is 0 Å². The Kier molecular flexibility index (Phi) is 8.17. The second-order valence-corrected chi connectivity index (χ2v) is 12.7. The van der Waals surface area contributed by atoms with E-state index < -0.39 is 10.1 Å². The summed E-state index contributed by atoms with van der Waals surface area (Å²) in [4.78, 5) is 20.3. The van der Waals surface area contributed by atoms with Gasteiger partial charge in [-0.1, -0.05) is 44.7 Å². The van der Waals surface area contributed by atoms with E-state index in [0.717, 1.165) is 28.9 Å². The Labute approximate surface area is 220 Å². The summed E-state index contributed by atoms with van der Waals surface area (Å²) in [5, 5.41) is 4.41. The van der Waals surface area contributed by atoms with Gasteiger partial charge in [0.05, 0.1) is 28.5 Å². The summed E-state index contributed by atoms with van der Waals surface area (Å²) in [5.41, 5.74) is 1.45. The summed E-state index contributed by atoms with van der Waals surface area (Å²) < 4.78 is 28.0. The van der Waals surface area contributed by atoms with Gasteiger partial charge in [0, 0.05) is 25.0 Å². The van der Waals surface area contributed by atoms with Crippen molar-refractivity contribution in [3.05, 3.63) is 34.9 Å². The number of carbonyl (C=O) groups excluding carboxylic acids is 1. The minimum atomic E-state index is -3.45. The van der Waals surface area contributed by atoms with Crippen LogP contribution in [0.2, 0.25) is 5.02 Å². The summed E-state index contributed by atoms with van der Waals surface area (Å²) in [6.45, 7) is 2.02. The van der Waals surface area contributed by atoms with Gasteiger partial charge in [-0.25, -0.2) is 4.98 Å². The molecule has 1 N–H and O–H groups in total. The van der Waals surface area contributed by atoms with Gasteiger partial charge in [0.15, 0.2) is 0 Å². The van der Waals surface area contributed by atoms with Crippen LogP contribution in [0.25, 0.3) is 10.9 Å². The summed E-state index contributed by atoms with van der Waals surface area (Å²) in [6.07, 6.45) is 10.8. The van der Waals surface area contributed by atoms with Gasteiger partial charge in [0.1, 0.15) is 5.82 Å². The van der Waals surface area contributed by atoms with Crippen molar-refractivity contribution in [2.45, 2.75) is 71.3 Å². The lowest BCUT2D eigenvalue weighted by Crippen LogP contribution is -2.43. The maximum atomic E-state index is 13.3. The van der Waals surface area contributed by atoms with Crippen molar-refractivity contribution in [2.75, 3.05) is 30.8 Å². The van der Waals surface area contributed by atoms with Crippen molar-refractivity contribution < 1.29 is 17.4 Å². The third kappa shape index (κ3) is 5.97. The molecule has 2 heterocycles. The molecule has 5 rings (SSSR count). The number of rotatable bonds is 6. The summed E-state index contributed by atoms with van der Waals surface area (Å²) in [5.74, 6) is 1.50. The van der Waals surface area contributed by atoms with Crippen LogP contribution in [-0.2, 0) is 14.3 Å². The quantitative estimate of drug-likeness (QED) is 0.487. The largest absolute Gasteiger partial charge is 0.356 e. The molecule has 7 nitrogen and oxygen atoms in total. The van der Waals surface area contributed by atoms with Gasteiger partial charge in [0.2, 0.25) is 0 Å². The molecule has 2 aromatic rings. The Hall–Kier alpha value is -1.90. The molecule has 0 unspecified atom stereocenters. The van der Waals surface area contributed by atoms with Crippen molar-refractivity contribution in [1.82, 2.24) is 10.3 Å². The first-order chi connectivity index (χ1) is 16.7. The molecule has 2 aliphatic carbocycles. The number of piperidine rings is 1. The third-order valence-corrected chi connectivity index (χ3v) is 9.03. The van der Waals surface area contributed by atoms with E-state index in [1.807, 2.05) is 18.2 Å². The molecule has 1 aromatic carbocycles. The molecule has 9 heteroatoms. The molecule has 1 aliphatic heterocycles. The first kappa shape index (κ1) is 27.1. The van der Waals surface area contributed by atoms with Crippen LogP contribution in [0.15, 0.2) is 24.3 Å². The number of amides is 1. The van der Waals surface area contributed by atoms with Crippen LogP contribution in [0, 0.1) is 11.3 Å². The number of pyridine rings is 1. The predicted molar refractivity (Wildman–Crippen MR) is 145 cm³/mol. The molecule has 198 valence electrons. The molecule has 3 fully saturated rings. The van der Waals surface area contributed by atoms with E-state index in [1.165, 1.54) is 44.9 Å². The van der Waals surface area contributed by atoms with E-state index in [2.05, 4.69) is 10.2 Å². The Morgan fingerprint density at radius 1 is 1.14 bits per heavy atom. The number of aromatic nitrogens is 1. The maximum absolute atomic E-state index is 13.3. The minimum absolute atomic E-state index is 0. The topological polar surface area (TPSA) is 88.6 Å². The highest BCUT2D eigenvalue weighted by atomic mass is 35.5. The van der Waals surface area contributed by atoms with Gasteiger partial charge in [-0.15, -0.1) is 0 Å². The molecule has 2 bridgehead atoms. The van der Waals surface area contributed by atoms with Crippen LogP contribution in [0.5, 0.6) is 0 Å². The Morgan fingerprint density at radius 2 is 1.83 bits per heavy atom. The van der Waals surface area contributed by atoms with E-state index in [-0.39, 0.29) is 24.9 Å². The highest BCUT2D eigenvalue weighted by molar-refractivity contribution is 7.86. The molecule has 2 saturated carbocycles.